The van der Waals surface area contributed by atoms with E-state index in [4.69, 9.17) is 0 Å². The van der Waals surface area contributed by atoms with Gasteiger partial charge in [-0.1, -0.05) is 26.0 Å². The zero-order valence-electron chi connectivity index (χ0n) is 12.2. The summed E-state index contributed by atoms with van der Waals surface area (Å²) in [5.41, 5.74) is 1.12. The molecule has 0 heterocycles. The first-order valence-corrected chi connectivity index (χ1v) is 8.88. The predicted molar refractivity (Wildman–Crippen MR) is 81.0 cm³/mol. The van der Waals surface area contributed by atoms with Gasteiger partial charge in [-0.15, -0.1) is 0 Å². The van der Waals surface area contributed by atoms with Gasteiger partial charge in [0.25, 0.3) is 0 Å². The molecule has 0 aromatic heterocycles. The average molecular weight is 296 g/mol. The van der Waals surface area contributed by atoms with E-state index in [0.717, 1.165) is 24.9 Å². The Labute approximate surface area is 122 Å². The molecule has 0 spiro atoms. The summed E-state index contributed by atoms with van der Waals surface area (Å²) in [4.78, 5) is 0.347. The van der Waals surface area contributed by atoms with Crippen molar-refractivity contribution < 1.29 is 8.42 Å². The summed E-state index contributed by atoms with van der Waals surface area (Å²) in [5.74, 6) is 0. The van der Waals surface area contributed by atoms with Crippen LogP contribution in [0.1, 0.15) is 45.1 Å². The molecular formula is C15H24N2O2S. The smallest absolute Gasteiger partial charge is 0.240 e. The predicted octanol–water partition coefficient (Wildman–Crippen LogP) is 2.41. The maximum Gasteiger partial charge on any atom is 0.240 e. The van der Waals surface area contributed by atoms with Gasteiger partial charge in [-0.05, 0) is 43.4 Å². The van der Waals surface area contributed by atoms with E-state index in [9.17, 15) is 8.42 Å². The van der Waals surface area contributed by atoms with Crippen molar-refractivity contribution in [2.75, 3.05) is 0 Å². The minimum absolute atomic E-state index is 0.0104. The van der Waals surface area contributed by atoms with Gasteiger partial charge in [-0.2, -0.15) is 0 Å². The van der Waals surface area contributed by atoms with Crippen LogP contribution in [0, 0.1) is 0 Å². The Morgan fingerprint density at radius 3 is 2.25 bits per heavy atom. The van der Waals surface area contributed by atoms with Crippen LogP contribution in [0.15, 0.2) is 29.2 Å². The molecule has 4 nitrogen and oxygen atoms in total. The maximum absolute atomic E-state index is 12.2. The Kier molecular flexibility index (Phi) is 5.18. The second kappa shape index (κ2) is 6.70. The van der Waals surface area contributed by atoms with Gasteiger partial charge >= 0.3 is 0 Å². The van der Waals surface area contributed by atoms with Crippen molar-refractivity contribution in [3.8, 4) is 0 Å². The van der Waals surface area contributed by atoms with Crippen molar-refractivity contribution in [1.82, 2.24) is 10.0 Å². The zero-order valence-corrected chi connectivity index (χ0v) is 13.0. The van der Waals surface area contributed by atoms with Gasteiger partial charge < -0.3 is 5.32 Å². The highest BCUT2D eigenvalue weighted by Crippen LogP contribution is 2.19. The number of sulfonamides is 1. The maximum atomic E-state index is 12.2. The molecule has 1 fully saturated rings. The third-order valence-electron chi connectivity index (χ3n) is 3.71. The van der Waals surface area contributed by atoms with Gasteiger partial charge in [0.05, 0.1) is 4.90 Å². The molecule has 1 aliphatic rings. The monoisotopic (exact) mass is 296 g/mol. The first-order valence-electron chi connectivity index (χ1n) is 7.39. The fraction of sp³-hybridized carbons (Fsp3) is 0.600. The standard InChI is InChI=1S/C15H24N2O2S/c1-3-13(4-2)17-20(18,19)15-9-5-12(6-10-15)11-16-14-7-8-14/h5-6,9-10,13-14,16-17H,3-4,7-8,11H2,1-2H3. The summed E-state index contributed by atoms with van der Waals surface area (Å²) in [6.45, 7) is 4.79. The van der Waals surface area contributed by atoms with Crippen LogP contribution in [0.25, 0.3) is 0 Å². The van der Waals surface area contributed by atoms with E-state index in [0.29, 0.717) is 10.9 Å². The van der Waals surface area contributed by atoms with Gasteiger partial charge in [0.2, 0.25) is 10.0 Å². The lowest BCUT2D eigenvalue weighted by atomic mass is 10.2. The largest absolute Gasteiger partial charge is 0.310 e. The first-order chi connectivity index (χ1) is 9.55. The molecule has 1 aliphatic carbocycles. The highest BCUT2D eigenvalue weighted by atomic mass is 32.2. The Morgan fingerprint density at radius 1 is 1.15 bits per heavy atom. The van der Waals surface area contributed by atoms with Crippen molar-refractivity contribution in [3.63, 3.8) is 0 Å². The van der Waals surface area contributed by atoms with Crippen molar-refractivity contribution in [2.24, 2.45) is 0 Å². The SMILES string of the molecule is CCC(CC)NS(=O)(=O)c1ccc(CNC2CC2)cc1. The van der Waals surface area contributed by atoms with E-state index < -0.39 is 10.0 Å². The fourth-order valence-electron chi connectivity index (χ4n) is 2.08. The number of hydrogen-bond donors (Lipinski definition) is 2. The lowest BCUT2D eigenvalue weighted by Gasteiger charge is -2.15. The summed E-state index contributed by atoms with van der Waals surface area (Å²) in [6.07, 6.45) is 4.12. The van der Waals surface area contributed by atoms with Gasteiger partial charge in [0.15, 0.2) is 0 Å². The molecule has 0 amide bonds. The number of rotatable bonds is 8. The van der Waals surface area contributed by atoms with Crippen molar-refractivity contribution in [3.05, 3.63) is 29.8 Å². The molecule has 0 atom stereocenters. The molecule has 0 unspecified atom stereocenters. The van der Waals surface area contributed by atoms with Crippen LogP contribution < -0.4 is 10.0 Å². The molecule has 1 aromatic carbocycles. The molecule has 0 bridgehead atoms. The number of nitrogens with one attached hydrogen (secondary N) is 2. The topological polar surface area (TPSA) is 58.2 Å². The van der Waals surface area contributed by atoms with E-state index in [-0.39, 0.29) is 6.04 Å². The van der Waals surface area contributed by atoms with E-state index in [1.54, 1.807) is 12.1 Å². The zero-order chi connectivity index (χ0) is 14.6. The molecule has 1 saturated carbocycles. The van der Waals surface area contributed by atoms with Gasteiger partial charge in [0, 0.05) is 18.6 Å². The quantitative estimate of drug-likeness (QED) is 0.774. The van der Waals surface area contributed by atoms with Crippen LogP contribution in [0.3, 0.4) is 0 Å². The Hall–Kier alpha value is -0.910. The Balaban J connectivity index is 1.99. The summed E-state index contributed by atoms with van der Waals surface area (Å²) in [7, 11) is -3.39. The molecule has 0 radical (unpaired) electrons. The van der Waals surface area contributed by atoms with Gasteiger partial charge in [-0.3, -0.25) is 0 Å². The number of benzene rings is 1. The van der Waals surface area contributed by atoms with Gasteiger partial charge in [-0.25, -0.2) is 13.1 Å². The normalized spacial score (nSPS) is 15.8. The van der Waals surface area contributed by atoms with Crippen LogP contribution in [-0.2, 0) is 16.6 Å². The van der Waals surface area contributed by atoms with Gasteiger partial charge in [0.1, 0.15) is 0 Å². The molecule has 1 aromatic rings. The number of hydrogen-bond acceptors (Lipinski definition) is 3. The molecular weight excluding hydrogens is 272 g/mol. The molecule has 0 aliphatic heterocycles. The highest BCUT2D eigenvalue weighted by molar-refractivity contribution is 7.89. The molecule has 5 heteroatoms. The summed E-state index contributed by atoms with van der Waals surface area (Å²) >= 11 is 0. The second-order valence-corrected chi connectivity index (χ2v) is 7.15. The summed E-state index contributed by atoms with van der Waals surface area (Å²) in [6, 6.07) is 7.82. The summed E-state index contributed by atoms with van der Waals surface area (Å²) in [5, 5.41) is 3.42. The first kappa shape index (κ1) is 15.5. The molecule has 20 heavy (non-hydrogen) atoms. The van der Waals surface area contributed by atoms with Crippen molar-refractivity contribution in [2.45, 2.75) is 63.1 Å². The van der Waals surface area contributed by atoms with Crippen molar-refractivity contribution in [1.29, 1.82) is 0 Å². The minimum Gasteiger partial charge on any atom is -0.310 e. The van der Waals surface area contributed by atoms with E-state index in [1.165, 1.54) is 12.8 Å². The molecule has 112 valence electrons. The van der Waals surface area contributed by atoms with Crippen LogP contribution in [0.5, 0.6) is 0 Å². The third kappa shape index (κ3) is 4.30. The summed E-state index contributed by atoms with van der Waals surface area (Å²) < 4.78 is 27.2. The van der Waals surface area contributed by atoms with E-state index in [2.05, 4.69) is 10.0 Å². The second-order valence-electron chi connectivity index (χ2n) is 5.43. The fourth-order valence-corrected chi connectivity index (χ4v) is 3.48. The molecule has 2 N–H and O–H groups in total. The Bertz CT molecular complexity index is 517. The van der Waals surface area contributed by atoms with Crippen LogP contribution in [0.4, 0.5) is 0 Å². The molecule has 2 rings (SSSR count). The minimum atomic E-state index is -3.39. The van der Waals surface area contributed by atoms with E-state index >= 15 is 0 Å². The van der Waals surface area contributed by atoms with Crippen LogP contribution in [-0.4, -0.2) is 20.5 Å². The highest BCUT2D eigenvalue weighted by Gasteiger charge is 2.20. The lowest BCUT2D eigenvalue weighted by Crippen LogP contribution is -2.33. The third-order valence-corrected chi connectivity index (χ3v) is 5.25. The van der Waals surface area contributed by atoms with Crippen molar-refractivity contribution >= 4 is 10.0 Å². The Morgan fingerprint density at radius 2 is 1.75 bits per heavy atom. The lowest BCUT2D eigenvalue weighted by molar-refractivity contribution is 0.530. The van der Waals surface area contributed by atoms with Crippen LogP contribution in [0.2, 0.25) is 0 Å². The van der Waals surface area contributed by atoms with Crippen LogP contribution >= 0.6 is 0 Å². The average Bonchev–Trinajstić information content (AvgIpc) is 3.27. The van der Waals surface area contributed by atoms with E-state index in [1.807, 2.05) is 26.0 Å². The molecule has 0 saturated heterocycles.